The molecule has 3 heterocycles. The van der Waals surface area contributed by atoms with Crippen molar-refractivity contribution in [3.05, 3.63) is 33.8 Å². The summed E-state index contributed by atoms with van der Waals surface area (Å²) in [5.74, 6) is 1.34. The highest BCUT2D eigenvalue weighted by atomic mass is 32.1. The Labute approximate surface area is 220 Å². The summed E-state index contributed by atoms with van der Waals surface area (Å²) in [6, 6.07) is 3.40. The smallest absolute Gasteiger partial charge is 0.270 e. The van der Waals surface area contributed by atoms with Gasteiger partial charge in [0.1, 0.15) is 5.69 Å². The highest BCUT2D eigenvalue weighted by Crippen LogP contribution is 2.40. The lowest BCUT2D eigenvalue weighted by molar-refractivity contribution is -0.127. The summed E-state index contributed by atoms with van der Waals surface area (Å²) in [5.41, 5.74) is 0.853. The lowest BCUT2D eigenvalue weighted by atomic mass is 9.97. The molecule has 10 nitrogen and oxygen atoms in total. The van der Waals surface area contributed by atoms with Gasteiger partial charge in [0.25, 0.3) is 11.8 Å². The number of hydrogen-bond acceptors (Lipinski definition) is 8. The van der Waals surface area contributed by atoms with E-state index in [2.05, 4.69) is 10.3 Å². The maximum absolute atomic E-state index is 13.3. The monoisotopic (exact) mass is 530 g/mol. The van der Waals surface area contributed by atoms with Crippen molar-refractivity contribution in [2.24, 2.45) is 0 Å². The van der Waals surface area contributed by atoms with Gasteiger partial charge < -0.3 is 29.3 Å². The number of carbonyl (C=O) groups excluding carboxylic acids is 3. The number of ether oxygens (including phenoxy) is 3. The summed E-state index contributed by atoms with van der Waals surface area (Å²) in [5, 5.41) is 5.62. The molecule has 11 heteroatoms. The van der Waals surface area contributed by atoms with Crippen LogP contribution in [-0.2, 0) is 4.79 Å². The van der Waals surface area contributed by atoms with Crippen LogP contribution in [-0.4, -0.2) is 86.6 Å². The average molecular weight is 531 g/mol. The number of carbonyl (C=O) groups is 3. The van der Waals surface area contributed by atoms with E-state index < -0.39 is 0 Å². The molecule has 2 aromatic rings. The van der Waals surface area contributed by atoms with Crippen molar-refractivity contribution in [2.45, 2.75) is 38.0 Å². The number of nitrogens with one attached hydrogen (secondary N) is 1. The molecule has 0 aliphatic carbocycles. The molecule has 0 spiro atoms. The van der Waals surface area contributed by atoms with Gasteiger partial charge in [-0.1, -0.05) is 0 Å². The van der Waals surface area contributed by atoms with E-state index in [1.807, 2.05) is 9.80 Å². The van der Waals surface area contributed by atoms with Crippen LogP contribution < -0.4 is 19.5 Å². The fourth-order valence-electron chi connectivity index (χ4n) is 4.85. The zero-order valence-corrected chi connectivity index (χ0v) is 22.4. The Kier molecular flexibility index (Phi) is 8.86. The van der Waals surface area contributed by atoms with Crippen molar-refractivity contribution >= 4 is 29.1 Å². The average Bonchev–Trinajstić information content (AvgIpc) is 3.59. The molecule has 0 unspecified atom stereocenters. The predicted octanol–water partition coefficient (Wildman–Crippen LogP) is 2.93. The lowest BCUT2D eigenvalue weighted by Crippen LogP contribution is -2.38. The third kappa shape index (κ3) is 5.98. The number of likely N-dealkylation sites (tertiary alicyclic amines) is 2. The zero-order valence-electron chi connectivity index (χ0n) is 21.6. The van der Waals surface area contributed by atoms with E-state index in [0.29, 0.717) is 61.1 Å². The molecule has 2 fully saturated rings. The van der Waals surface area contributed by atoms with Crippen LogP contribution in [0.4, 0.5) is 0 Å². The molecule has 1 aromatic carbocycles. The number of piperidine rings is 1. The van der Waals surface area contributed by atoms with Crippen molar-refractivity contribution in [1.82, 2.24) is 20.1 Å². The fourth-order valence-corrected chi connectivity index (χ4v) is 5.82. The zero-order chi connectivity index (χ0) is 26.4. The van der Waals surface area contributed by atoms with Gasteiger partial charge in [-0.2, -0.15) is 0 Å². The van der Waals surface area contributed by atoms with Crippen molar-refractivity contribution in [3.63, 3.8) is 0 Å². The number of benzene rings is 1. The van der Waals surface area contributed by atoms with Crippen LogP contribution >= 0.6 is 11.3 Å². The van der Waals surface area contributed by atoms with E-state index in [1.54, 1.807) is 17.5 Å². The maximum Gasteiger partial charge on any atom is 0.270 e. The van der Waals surface area contributed by atoms with Gasteiger partial charge in [-0.25, -0.2) is 4.98 Å². The number of aromatic nitrogens is 1. The van der Waals surface area contributed by atoms with E-state index in [1.165, 1.54) is 32.7 Å². The van der Waals surface area contributed by atoms with Gasteiger partial charge in [0.05, 0.1) is 31.9 Å². The number of methoxy groups -OCH3 is 3. The first-order chi connectivity index (χ1) is 18.0. The molecule has 2 saturated heterocycles. The second-order valence-electron chi connectivity index (χ2n) is 9.11. The lowest BCUT2D eigenvalue weighted by Gasteiger charge is -2.31. The van der Waals surface area contributed by atoms with Crippen molar-refractivity contribution in [2.75, 3.05) is 54.1 Å². The van der Waals surface area contributed by atoms with Gasteiger partial charge in [-0.05, 0) is 37.8 Å². The van der Waals surface area contributed by atoms with Gasteiger partial charge in [0.15, 0.2) is 11.5 Å². The Morgan fingerprint density at radius 1 is 1.08 bits per heavy atom. The minimum Gasteiger partial charge on any atom is -0.493 e. The molecular formula is C26H34N4O6S. The quantitative estimate of drug-likeness (QED) is 0.470. The molecule has 3 amide bonds. The summed E-state index contributed by atoms with van der Waals surface area (Å²) in [6.07, 6.45) is 3.81. The first-order valence-electron chi connectivity index (χ1n) is 12.6. The third-order valence-electron chi connectivity index (χ3n) is 6.88. The highest BCUT2D eigenvalue weighted by molar-refractivity contribution is 7.09. The van der Waals surface area contributed by atoms with E-state index in [-0.39, 0.29) is 23.6 Å². The largest absolute Gasteiger partial charge is 0.493 e. The second kappa shape index (κ2) is 12.3. The van der Waals surface area contributed by atoms with Crippen molar-refractivity contribution in [3.8, 4) is 17.2 Å². The van der Waals surface area contributed by atoms with Gasteiger partial charge in [0.2, 0.25) is 11.7 Å². The van der Waals surface area contributed by atoms with Gasteiger partial charge in [-0.15, -0.1) is 11.3 Å². The van der Waals surface area contributed by atoms with E-state index in [0.717, 1.165) is 37.2 Å². The Balaban J connectivity index is 1.29. The molecule has 1 aromatic heterocycles. The molecule has 0 radical (unpaired) electrons. The number of nitrogens with zero attached hydrogens (tertiary/aromatic N) is 3. The Morgan fingerprint density at radius 3 is 2.49 bits per heavy atom. The topological polar surface area (TPSA) is 110 Å². The van der Waals surface area contributed by atoms with Gasteiger partial charge >= 0.3 is 0 Å². The minimum absolute atomic E-state index is 0.119. The maximum atomic E-state index is 13.3. The van der Waals surface area contributed by atoms with Crippen molar-refractivity contribution in [1.29, 1.82) is 0 Å². The van der Waals surface area contributed by atoms with Crippen LogP contribution in [0, 0.1) is 0 Å². The molecule has 37 heavy (non-hydrogen) atoms. The Morgan fingerprint density at radius 2 is 1.84 bits per heavy atom. The molecule has 1 N–H and O–H groups in total. The van der Waals surface area contributed by atoms with E-state index in [4.69, 9.17) is 14.2 Å². The van der Waals surface area contributed by atoms with Gasteiger partial charge in [0, 0.05) is 50.4 Å². The summed E-state index contributed by atoms with van der Waals surface area (Å²) in [7, 11) is 4.56. The van der Waals surface area contributed by atoms with Crippen LogP contribution in [0.3, 0.4) is 0 Å². The van der Waals surface area contributed by atoms with Crippen molar-refractivity contribution < 1.29 is 28.6 Å². The molecule has 0 saturated carbocycles. The first kappa shape index (κ1) is 26.7. The molecule has 0 bridgehead atoms. The molecule has 0 atom stereocenters. The molecule has 4 rings (SSSR count). The number of hydrogen-bond donors (Lipinski definition) is 1. The molecule has 2 aliphatic heterocycles. The number of amides is 3. The van der Waals surface area contributed by atoms with E-state index >= 15 is 0 Å². The summed E-state index contributed by atoms with van der Waals surface area (Å²) >= 11 is 1.49. The van der Waals surface area contributed by atoms with Crippen LogP contribution in [0.25, 0.3) is 0 Å². The highest BCUT2D eigenvalue weighted by Gasteiger charge is 2.30. The molecular weight excluding hydrogens is 496 g/mol. The van der Waals surface area contributed by atoms with Crippen LogP contribution in [0.2, 0.25) is 0 Å². The molecule has 200 valence electrons. The normalized spacial score (nSPS) is 16.1. The van der Waals surface area contributed by atoms with Crippen LogP contribution in [0.15, 0.2) is 17.5 Å². The van der Waals surface area contributed by atoms with E-state index in [9.17, 15) is 14.4 Å². The summed E-state index contributed by atoms with van der Waals surface area (Å²) < 4.78 is 16.2. The SMILES string of the molecule is COc1ccc(C(=O)N2CCC(c3nc(C(=O)NCCCN4CCCC4=O)cs3)CC2)c(OC)c1OC. The predicted molar refractivity (Wildman–Crippen MR) is 139 cm³/mol. The molecule has 2 aliphatic rings. The number of thiazole rings is 1. The minimum atomic E-state index is -0.191. The second-order valence-corrected chi connectivity index (χ2v) is 10.0. The fraction of sp³-hybridized carbons (Fsp3) is 0.538. The summed E-state index contributed by atoms with van der Waals surface area (Å²) in [6.45, 7) is 3.16. The van der Waals surface area contributed by atoms with Gasteiger partial charge in [-0.3, -0.25) is 14.4 Å². The standard InChI is InChI=1S/C26H34N4O6S/c1-34-20-8-7-18(22(35-2)23(20)36-3)26(33)30-14-9-17(10-15-30)25-28-19(16-37-25)24(32)27-11-5-13-29-12-4-6-21(29)31/h7-8,16-17H,4-6,9-15H2,1-3H3,(H,27,32). The van der Waals surface area contributed by atoms with Crippen LogP contribution in [0.1, 0.15) is 63.9 Å². The third-order valence-corrected chi connectivity index (χ3v) is 7.89. The first-order valence-corrected chi connectivity index (χ1v) is 13.4. The Hall–Kier alpha value is -3.34. The number of rotatable bonds is 10. The Bertz CT molecular complexity index is 1130. The van der Waals surface area contributed by atoms with Crippen LogP contribution in [0.5, 0.6) is 17.2 Å². The summed E-state index contributed by atoms with van der Waals surface area (Å²) in [4.78, 5) is 45.7.